The first-order valence-corrected chi connectivity index (χ1v) is 5.87. The molecule has 1 aliphatic carbocycles. The van der Waals surface area contributed by atoms with Gasteiger partial charge in [-0.15, -0.1) is 0 Å². The number of methoxy groups -OCH3 is 1. The molecule has 1 unspecified atom stereocenters. The van der Waals surface area contributed by atoms with Crippen LogP contribution in [0.3, 0.4) is 0 Å². The van der Waals surface area contributed by atoms with Crippen molar-refractivity contribution in [2.24, 2.45) is 10.9 Å². The zero-order chi connectivity index (χ0) is 12.6. The van der Waals surface area contributed by atoms with E-state index in [1.165, 1.54) is 13.2 Å². The Bertz CT molecular complexity index is 531. The smallest absolute Gasteiger partial charge is 0.356 e. The van der Waals surface area contributed by atoms with Crippen molar-refractivity contribution in [1.82, 2.24) is 0 Å². The number of ether oxygens (including phenoxy) is 1. The largest absolute Gasteiger partial charge is 0.464 e. The normalized spacial score (nSPS) is 23.0. The molecule has 0 fully saturated rings. The number of aliphatic imine (C=N–C) groups is 1. The number of allylic oxidation sites excluding steroid dienone is 5. The number of hydrogen-bond donors (Lipinski definition) is 0. The molecule has 2 rings (SSSR count). The van der Waals surface area contributed by atoms with Gasteiger partial charge in [0.1, 0.15) is 0 Å². The summed E-state index contributed by atoms with van der Waals surface area (Å²) in [6, 6.07) is 0. The van der Waals surface area contributed by atoms with Crippen molar-refractivity contribution < 1.29 is 14.3 Å². The molecule has 0 saturated heterocycles. The second-order valence-corrected chi connectivity index (χ2v) is 4.73. The Kier molecular flexibility index (Phi) is 3.31. The van der Waals surface area contributed by atoms with Crippen LogP contribution in [0.15, 0.2) is 38.4 Å². The summed E-state index contributed by atoms with van der Waals surface area (Å²) < 4.78 is 5.13. The molecule has 0 radical (unpaired) electrons. The van der Waals surface area contributed by atoms with Gasteiger partial charge in [0.25, 0.3) is 0 Å². The first-order valence-electron chi connectivity index (χ1n) is 4.70. The summed E-state index contributed by atoms with van der Waals surface area (Å²) in [7, 11) is 1.24. The van der Waals surface area contributed by atoms with Crippen LogP contribution in [0.5, 0.6) is 0 Å². The van der Waals surface area contributed by atoms with Crippen LogP contribution in [0, 0.1) is 5.92 Å². The van der Waals surface area contributed by atoms with E-state index in [1.54, 1.807) is 12.2 Å². The SMILES string of the molecule is COC(=O)C1=CC(=O)C2C=C(Cl)C=C(Br)C2=N1. The number of hydrogen-bond acceptors (Lipinski definition) is 4. The van der Waals surface area contributed by atoms with E-state index >= 15 is 0 Å². The Hall–Kier alpha value is -1.20. The van der Waals surface area contributed by atoms with Crippen LogP contribution >= 0.6 is 27.5 Å². The monoisotopic (exact) mass is 315 g/mol. The number of halogens is 2. The van der Waals surface area contributed by atoms with Crippen LogP contribution in [0.2, 0.25) is 0 Å². The molecule has 0 aromatic heterocycles. The van der Waals surface area contributed by atoms with Crippen LogP contribution in [-0.2, 0) is 14.3 Å². The highest BCUT2D eigenvalue weighted by molar-refractivity contribution is 9.12. The van der Waals surface area contributed by atoms with Gasteiger partial charge in [-0.3, -0.25) is 4.79 Å². The van der Waals surface area contributed by atoms with Crippen LogP contribution in [-0.4, -0.2) is 24.6 Å². The summed E-state index contributed by atoms with van der Waals surface area (Å²) in [6.45, 7) is 0. The molecule has 0 N–H and O–H groups in total. The van der Waals surface area contributed by atoms with Gasteiger partial charge in [-0.25, -0.2) is 9.79 Å². The van der Waals surface area contributed by atoms with Gasteiger partial charge in [0.05, 0.1) is 18.7 Å². The summed E-state index contributed by atoms with van der Waals surface area (Å²) in [5.41, 5.74) is 0.475. The Labute approximate surface area is 111 Å². The summed E-state index contributed by atoms with van der Waals surface area (Å²) in [6.07, 6.45) is 4.40. The molecule has 1 aliphatic heterocycles. The average Bonchev–Trinajstić information content (AvgIpc) is 2.29. The molecule has 4 nitrogen and oxygen atoms in total. The molecule has 0 aromatic carbocycles. The standard InChI is InChI=1S/C11H7BrClNO3/c1-17-11(16)8-4-9(15)6-2-5(13)3-7(12)10(6)14-8/h2-4,6H,1H3. The Morgan fingerprint density at radius 1 is 1.53 bits per heavy atom. The van der Waals surface area contributed by atoms with Crippen LogP contribution in [0.25, 0.3) is 0 Å². The number of rotatable bonds is 1. The molecule has 0 bridgehead atoms. The lowest BCUT2D eigenvalue weighted by Gasteiger charge is -2.21. The average molecular weight is 317 g/mol. The number of nitrogens with zero attached hydrogens (tertiary/aromatic N) is 1. The molecule has 1 heterocycles. The van der Waals surface area contributed by atoms with Crippen molar-refractivity contribution in [3.05, 3.63) is 33.4 Å². The van der Waals surface area contributed by atoms with Gasteiger partial charge in [-0.2, -0.15) is 0 Å². The van der Waals surface area contributed by atoms with Crippen molar-refractivity contribution in [1.29, 1.82) is 0 Å². The highest BCUT2D eigenvalue weighted by Gasteiger charge is 2.31. The molecule has 2 aliphatic rings. The zero-order valence-corrected chi connectivity index (χ0v) is 11.1. The molecule has 0 spiro atoms. The molecule has 0 aromatic rings. The number of carbonyl (C=O) groups is 2. The highest BCUT2D eigenvalue weighted by Crippen LogP contribution is 2.30. The van der Waals surface area contributed by atoms with E-state index in [4.69, 9.17) is 11.6 Å². The third-order valence-electron chi connectivity index (χ3n) is 2.35. The van der Waals surface area contributed by atoms with Gasteiger partial charge in [-0.05, 0) is 28.1 Å². The first kappa shape index (κ1) is 12.3. The number of carbonyl (C=O) groups excluding carboxylic acids is 2. The molecule has 0 amide bonds. The van der Waals surface area contributed by atoms with E-state index < -0.39 is 11.9 Å². The third kappa shape index (κ3) is 2.25. The summed E-state index contributed by atoms with van der Waals surface area (Å²) in [4.78, 5) is 27.3. The fourth-order valence-electron chi connectivity index (χ4n) is 1.57. The van der Waals surface area contributed by atoms with Crippen LogP contribution in [0.1, 0.15) is 0 Å². The summed E-state index contributed by atoms with van der Waals surface area (Å²) in [5, 5.41) is 0.462. The van der Waals surface area contributed by atoms with E-state index in [9.17, 15) is 9.59 Å². The van der Waals surface area contributed by atoms with Gasteiger partial charge < -0.3 is 4.74 Å². The number of esters is 1. The van der Waals surface area contributed by atoms with Gasteiger partial charge in [0.15, 0.2) is 11.5 Å². The fourth-order valence-corrected chi connectivity index (χ4v) is 2.51. The quantitative estimate of drug-likeness (QED) is 0.696. The fraction of sp³-hybridized carbons (Fsp3) is 0.182. The molecule has 6 heteroatoms. The predicted molar refractivity (Wildman–Crippen MR) is 67.0 cm³/mol. The van der Waals surface area contributed by atoms with Crippen molar-refractivity contribution in [3.63, 3.8) is 0 Å². The minimum absolute atomic E-state index is 0.000484. The second-order valence-electron chi connectivity index (χ2n) is 3.44. The Morgan fingerprint density at radius 2 is 2.24 bits per heavy atom. The molecule has 0 saturated carbocycles. The number of fused-ring (bicyclic) bond motifs is 1. The van der Waals surface area contributed by atoms with Crippen molar-refractivity contribution in [2.75, 3.05) is 7.11 Å². The van der Waals surface area contributed by atoms with Crippen molar-refractivity contribution in [3.8, 4) is 0 Å². The van der Waals surface area contributed by atoms with E-state index in [0.29, 0.717) is 15.2 Å². The second kappa shape index (κ2) is 4.58. The minimum Gasteiger partial charge on any atom is -0.464 e. The van der Waals surface area contributed by atoms with Gasteiger partial charge >= 0.3 is 5.97 Å². The van der Waals surface area contributed by atoms with Gasteiger partial charge in [0.2, 0.25) is 0 Å². The lowest BCUT2D eigenvalue weighted by molar-refractivity contribution is -0.136. The minimum atomic E-state index is -0.634. The first-order chi connectivity index (χ1) is 8.02. The Morgan fingerprint density at radius 3 is 2.88 bits per heavy atom. The molecule has 88 valence electrons. The Balaban J connectivity index is 2.45. The molecular formula is C11H7BrClNO3. The molecule has 17 heavy (non-hydrogen) atoms. The zero-order valence-electron chi connectivity index (χ0n) is 8.74. The van der Waals surface area contributed by atoms with Crippen LogP contribution in [0.4, 0.5) is 0 Å². The predicted octanol–water partition coefficient (Wildman–Crippen LogP) is 2.10. The lowest BCUT2D eigenvalue weighted by atomic mass is 9.91. The van der Waals surface area contributed by atoms with Gasteiger partial charge in [0, 0.05) is 15.6 Å². The van der Waals surface area contributed by atoms with E-state index in [2.05, 4.69) is 25.7 Å². The van der Waals surface area contributed by atoms with E-state index in [1.807, 2.05) is 0 Å². The third-order valence-corrected chi connectivity index (χ3v) is 3.22. The topological polar surface area (TPSA) is 55.7 Å². The van der Waals surface area contributed by atoms with Gasteiger partial charge in [-0.1, -0.05) is 11.6 Å². The van der Waals surface area contributed by atoms with Crippen LogP contribution < -0.4 is 0 Å². The summed E-state index contributed by atoms with van der Waals surface area (Å²) >= 11 is 9.13. The maximum atomic E-state index is 11.8. The lowest BCUT2D eigenvalue weighted by Crippen LogP contribution is -2.28. The molecule has 1 atom stereocenters. The van der Waals surface area contributed by atoms with E-state index in [-0.39, 0.29) is 11.5 Å². The summed E-state index contributed by atoms with van der Waals surface area (Å²) in [5.74, 6) is -1.40. The van der Waals surface area contributed by atoms with Crippen molar-refractivity contribution in [2.45, 2.75) is 0 Å². The molecular weight excluding hydrogens is 309 g/mol. The maximum Gasteiger partial charge on any atom is 0.356 e. The highest BCUT2D eigenvalue weighted by atomic mass is 79.9. The number of ketones is 1. The van der Waals surface area contributed by atoms with Crippen molar-refractivity contribution >= 4 is 45.0 Å². The maximum absolute atomic E-state index is 11.8. The van der Waals surface area contributed by atoms with E-state index in [0.717, 1.165) is 0 Å².